The Hall–Kier alpha value is -0.380. The van der Waals surface area contributed by atoms with Crippen molar-refractivity contribution in [2.24, 2.45) is 5.73 Å². The second-order valence-corrected chi connectivity index (χ2v) is 4.57. The largest absolute Gasteiger partial charge is 0.329 e. The van der Waals surface area contributed by atoms with Crippen LogP contribution in [0.2, 0.25) is 0 Å². The number of rotatable bonds is 7. The van der Waals surface area contributed by atoms with E-state index in [9.17, 15) is 0 Å². The minimum absolute atomic E-state index is 0.483. The molecule has 0 spiro atoms. The molecule has 2 nitrogen and oxygen atoms in total. The first-order chi connectivity index (χ1) is 7.86. The third-order valence-electron chi connectivity index (χ3n) is 2.34. The molecule has 0 aliphatic carbocycles. The van der Waals surface area contributed by atoms with Gasteiger partial charge in [0.15, 0.2) is 0 Å². The van der Waals surface area contributed by atoms with Gasteiger partial charge < -0.3 is 11.1 Å². The van der Waals surface area contributed by atoms with Crippen LogP contribution in [0.5, 0.6) is 0 Å². The van der Waals surface area contributed by atoms with Gasteiger partial charge in [-0.3, -0.25) is 0 Å². The van der Waals surface area contributed by atoms with Crippen LogP contribution in [-0.2, 0) is 6.54 Å². The maximum absolute atomic E-state index is 5.69. The highest BCUT2D eigenvalue weighted by Gasteiger charge is 2.04. The monoisotopic (exact) mass is 242 g/mol. The molecule has 0 aromatic carbocycles. The molecular formula is C13H26N2S. The normalized spacial score (nSPS) is 11.8. The van der Waals surface area contributed by atoms with Gasteiger partial charge in [0, 0.05) is 24.0 Å². The summed E-state index contributed by atoms with van der Waals surface area (Å²) < 4.78 is 0. The lowest BCUT2D eigenvalue weighted by molar-refractivity contribution is 0.472. The van der Waals surface area contributed by atoms with E-state index in [2.05, 4.69) is 29.8 Å². The fraction of sp³-hybridized carbons (Fsp3) is 0.692. The Balaban J connectivity index is 0.00000106. The first kappa shape index (κ1) is 15.6. The van der Waals surface area contributed by atoms with Crippen LogP contribution in [0.15, 0.2) is 17.5 Å². The molecule has 0 unspecified atom stereocenters. The van der Waals surface area contributed by atoms with Crippen LogP contribution >= 0.6 is 11.3 Å². The Morgan fingerprint density at radius 2 is 2.19 bits per heavy atom. The summed E-state index contributed by atoms with van der Waals surface area (Å²) in [5.74, 6) is 0. The maximum atomic E-state index is 5.69. The fourth-order valence-corrected chi connectivity index (χ4v) is 2.07. The number of unbranched alkanes of at least 4 members (excludes halogenated alkanes) is 1. The molecule has 1 heterocycles. The summed E-state index contributed by atoms with van der Waals surface area (Å²) in [6.07, 6.45) is 3.70. The lowest BCUT2D eigenvalue weighted by Gasteiger charge is -2.15. The third kappa shape index (κ3) is 6.99. The summed E-state index contributed by atoms with van der Waals surface area (Å²) in [4.78, 5) is 1.39. The van der Waals surface area contributed by atoms with Crippen LogP contribution in [0.4, 0.5) is 0 Å². The van der Waals surface area contributed by atoms with Crippen LogP contribution in [0.1, 0.15) is 44.9 Å². The van der Waals surface area contributed by atoms with Crippen molar-refractivity contribution >= 4 is 11.3 Å². The fourth-order valence-electron chi connectivity index (χ4n) is 1.41. The first-order valence-corrected chi connectivity index (χ1v) is 7.20. The van der Waals surface area contributed by atoms with Gasteiger partial charge in [0.05, 0.1) is 0 Å². The Labute approximate surface area is 104 Å². The molecule has 0 saturated heterocycles. The topological polar surface area (TPSA) is 38.0 Å². The van der Waals surface area contributed by atoms with Crippen LogP contribution in [0.3, 0.4) is 0 Å². The van der Waals surface area contributed by atoms with Crippen LogP contribution in [0.25, 0.3) is 0 Å². The predicted octanol–water partition coefficient (Wildman–Crippen LogP) is 3.38. The molecule has 1 atom stereocenters. The maximum Gasteiger partial charge on any atom is 0.0302 e. The van der Waals surface area contributed by atoms with Crippen LogP contribution in [0, 0.1) is 0 Å². The average Bonchev–Trinajstić information content (AvgIpc) is 2.85. The van der Waals surface area contributed by atoms with Gasteiger partial charge in [-0.1, -0.05) is 39.7 Å². The smallest absolute Gasteiger partial charge is 0.0302 e. The summed E-state index contributed by atoms with van der Waals surface area (Å²) in [5, 5.41) is 5.60. The molecule has 0 bridgehead atoms. The Morgan fingerprint density at radius 3 is 2.69 bits per heavy atom. The van der Waals surface area contributed by atoms with Gasteiger partial charge in [0.2, 0.25) is 0 Å². The molecule has 3 N–H and O–H groups in total. The molecule has 0 radical (unpaired) electrons. The van der Waals surface area contributed by atoms with Crippen molar-refractivity contribution in [2.45, 2.75) is 52.6 Å². The minimum Gasteiger partial charge on any atom is -0.329 e. The minimum atomic E-state index is 0.483. The number of hydrogen-bond donors (Lipinski definition) is 2. The van der Waals surface area contributed by atoms with Crippen molar-refractivity contribution in [1.82, 2.24) is 5.32 Å². The molecule has 0 aliphatic rings. The van der Waals surface area contributed by atoms with E-state index >= 15 is 0 Å². The quantitative estimate of drug-likeness (QED) is 0.769. The van der Waals surface area contributed by atoms with Crippen molar-refractivity contribution in [3.8, 4) is 0 Å². The molecule has 0 fully saturated rings. The van der Waals surface area contributed by atoms with Crippen LogP contribution < -0.4 is 11.1 Å². The van der Waals surface area contributed by atoms with Gasteiger partial charge in [-0.25, -0.2) is 0 Å². The molecule has 94 valence electrons. The zero-order chi connectivity index (χ0) is 12.2. The molecule has 1 aromatic rings. The summed E-state index contributed by atoms with van der Waals surface area (Å²) in [5.41, 5.74) is 5.69. The number of hydrogen-bond acceptors (Lipinski definition) is 3. The summed E-state index contributed by atoms with van der Waals surface area (Å²) in [6.45, 7) is 7.92. The van der Waals surface area contributed by atoms with Crippen molar-refractivity contribution in [3.63, 3.8) is 0 Å². The Morgan fingerprint density at radius 1 is 1.44 bits per heavy atom. The van der Waals surface area contributed by atoms with Gasteiger partial charge in [-0.2, -0.15) is 0 Å². The SMILES string of the molecule is CC.CCCC[C@H](CN)NCc1cccs1. The summed E-state index contributed by atoms with van der Waals surface area (Å²) in [6, 6.07) is 4.73. The number of nitrogens with two attached hydrogens (primary N) is 1. The van der Waals surface area contributed by atoms with E-state index in [-0.39, 0.29) is 0 Å². The van der Waals surface area contributed by atoms with Gasteiger partial charge in [0.25, 0.3) is 0 Å². The zero-order valence-electron chi connectivity index (χ0n) is 10.8. The van der Waals surface area contributed by atoms with Gasteiger partial charge in [0.1, 0.15) is 0 Å². The first-order valence-electron chi connectivity index (χ1n) is 6.32. The van der Waals surface area contributed by atoms with Crippen molar-refractivity contribution in [1.29, 1.82) is 0 Å². The van der Waals surface area contributed by atoms with Gasteiger partial charge in [-0.05, 0) is 17.9 Å². The molecule has 16 heavy (non-hydrogen) atoms. The highest BCUT2D eigenvalue weighted by atomic mass is 32.1. The van der Waals surface area contributed by atoms with E-state index < -0.39 is 0 Å². The Kier molecular flexibility index (Phi) is 10.9. The molecule has 1 aromatic heterocycles. The zero-order valence-corrected chi connectivity index (χ0v) is 11.6. The van der Waals surface area contributed by atoms with E-state index in [0.29, 0.717) is 6.04 Å². The Bertz CT molecular complexity index is 222. The predicted molar refractivity (Wildman–Crippen MR) is 74.9 cm³/mol. The van der Waals surface area contributed by atoms with E-state index in [1.807, 2.05) is 13.8 Å². The molecule has 0 aliphatic heterocycles. The second-order valence-electron chi connectivity index (χ2n) is 3.54. The highest BCUT2D eigenvalue weighted by Crippen LogP contribution is 2.08. The van der Waals surface area contributed by atoms with Crippen molar-refractivity contribution in [2.75, 3.05) is 6.54 Å². The number of nitrogens with one attached hydrogen (secondary N) is 1. The summed E-state index contributed by atoms with van der Waals surface area (Å²) >= 11 is 1.80. The molecular weight excluding hydrogens is 216 g/mol. The summed E-state index contributed by atoms with van der Waals surface area (Å²) in [7, 11) is 0. The third-order valence-corrected chi connectivity index (χ3v) is 3.21. The molecule has 0 amide bonds. The van der Waals surface area contributed by atoms with E-state index in [1.54, 1.807) is 11.3 Å². The number of thiophene rings is 1. The van der Waals surface area contributed by atoms with Crippen molar-refractivity contribution in [3.05, 3.63) is 22.4 Å². The lowest BCUT2D eigenvalue weighted by Crippen LogP contribution is -2.35. The second kappa shape index (κ2) is 11.1. The highest BCUT2D eigenvalue weighted by molar-refractivity contribution is 7.09. The lowest BCUT2D eigenvalue weighted by atomic mass is 10.1. The van der Waals surface area contributed by atoms with Gasteiger partial charge >= 0.3 is 0 Å². The molecule has 1 rings (SSSR count). The van der Waals surface area contributed by atoms with Crippen molar-refractivity contribution < 1.29 is 0 Å². The standard InChI is InChI=1S/C11H20N2S.C2H6/c1-2-3-5-10(8-12)13-9-11-6-4-7-14-11;1-2/h4,6-7,10,13H,2-3,5,8-9,12H2,1H3;1-2H3/t10-;/m1./s1. The van der Waals surface area contributed by atoms with E-state index in [4.69, 9.17) is 5.73 Å². The average molecular weight is 242 g/mol. The van der Waals surface area contributed by atoms with Gasteiger partial charge in [-0.15, -0.1) is 11.3 Å². The van der Waals surface area contributed by atoms with E-state index in [1.165, 1.54) is 24.1 Å². The van der Waals surface area contributed by atoms with Crippen LogP contribution in [-0.4, -0.2) is 12.6 Å². The molecule has 0 saturated carbocycles. The van der Waals surface area contributed by atoms with E-state index in [0.717, 1.165) is 13.1 Å². The molecule has 3 heteroatoms.